The van der Waals surface area contributed by atoms with Crippen LogP contribution in [-0.2, 0) is 17.8 Å². The van der Waals surface area contributed by atoms with Crippen molar-refractivity contribution in [1.82, 2.24) is 19.3 Å². The van der Waals surface area contributed by atoms with Crippen LogP contribution >= 0.6 is 15.9 Å². The highest BCUT2D eigenvalue weighted by Gasteiger charge is 2.31. The van der Waals surface area contributed by atoms with Gasteiger partial charge >= 0.3 is 5.97 Å². The molecule has 1 aliphatic rings. The number of imidazole rings is 1. The molecule has 3 heterocycles. The van der Waals surface area contributed by atoms with E-state index < -0.39 is 17.8 Å². The van der Waals surface area contributed by atoms with Crippen molar-refractivity contribution in [2.75, 3.05) is 0 Å². The number of halogens is 2. The molecule has 4 rings (SSSR count). The summed E-state index contributed by atoms with van der Waals surface area (Å²) >= 11 is 3.23. The third kappa shape index (κ3) is 2.24. The van der Waals surface area contributed by atoms with E-state index in [-0.39, 0.29) is 5.52 Å². The van der Waals surface area contributed by atoms with Crippen LogP contribution in [0.1, 0.15) is 23.9 Å². The van der Waals surface area contributed by atoms with Crippen LogP contribution in [-0.4, -0.2) is 30.4 Å². The van der Waals surface area contributed by atoms with Gasteiger partial charge in [0.05, 0.1) is 12.0 Å². The number of aromatic nitrogens is 4. The van der Waals surface area contributed by atoms with Crippen molar-refractivity contribution >= 4 is 32.8 Å². The molecule has 1 N–H and O–H groups in total. The lowest BCUT2D eigenvalue weighted by atomic mass is 10.1. The van der Waals surface area contributed by atoms with Gasteiger partial charge in [-0.2, -0.15) is 5.10 Å². The minimum Gasteiger partial charge on any atom is -0.479 e. The molecular formula is C15H12BrFN4O2. The number of carboxylic acids is 1. The molecular weight excluding hydrogens is 367 g/mol. The molecule has 8 heteroatoms. The number of hydrogen-bond donors (Lipinski definition) is 1. The third-order valence-corrected chi connectivity index (χ3v) is 4.55. The molecule has 0 bridgehead atoms. The number of benzene rings is 1. The smallest absolute Gasteiger partial charge is 0.334 e. The fraction of sp³-hybridized carbons (Fsp3) is 0.267. The Labute approximate surface area is 138 Å². The molecule has 23 heavy (non-hydrogen) atoms. The Kier molecular flexibility index (Phi) is 3.22. The fourth-order valence-corrected chi connectivity index (χ4v) is 3.54. The zero-order valence-electron chi connectivity index (χ0n) is 11.9. The summed E-state index contributed by atoms with van der Waals surface area (Å²) in [4.78, 5) is 16.1. The molecule has 0 amide bonds. The molecule has 1 aliphatic heterocycles. The van der Waals surface area contributed by atoms with E-state index in [1.54, 1.807) is 18.6 Å². The first kappa shape index (κ1) is 14.4. The van der Waals surface area contributed by atoms with Crippen molar-refractivity contribution < 1.29 is 14.3 Å². The molecule has 0 saturated heterocycles. The van der Waals surface area contributed by atoms with Gasteiger partial charge in [0.2, 0.25) is 0 Å². The van der Waals surface area contributed by atoms with E-state index in [0.29, 0.717) is 15.6 Å². The minimum absolute atomic E-state index is 0.148. The number of rotatable bonds is 3. The number of carbonyl (C=O) groups is 1. The van der Waals surface area contributed by atoms with Crippen LogP contribution in [0.2, 0.25) is 0 Å². The van der Waals surface area contributed by atoms with Gasteiger partial charge in [0.15, 0.2) is 11.9 Å². The quantitative estimate of drug-likeness (QED) is 0.760. The number of nitrogens with zero attached hydrogens (tertiary/aromatic N) is 4. The molecule has 118 valence electrons. The maximum atomic E-state index is 14.0. The summed E-state index contributed by atoms with van der Waals surface area (Å²) in [5.41, 5.74) is 1.54. The summed E-state index contributed by atoms with van der Waals surface area (Å²) in [6.07, 6.45) is 4.97. The highest BCUT2D eigenvalue weighted by molar-refractivity contribution is 9.10. The fourth-order valence-electron chi connectivity index (χ4n) is 3.10. The Morgan fingerprint density at radius 3 is 3.04 bits per heavy atom. The second kappa shape index (κ2) is 5.16. The van der Waals surface area contributed by atoms with Gasteiger partial charge in [0.1, 0.15) is 5.52 Å². The lowest BCUT2D eigenvalue weighted by Gasteiger charge is -2.12. The topological polar surface area (TPSA) is 72.9 Å². The predicted octanol–water partition coefficient (Wildman–Crippen LogP) is 2.75. The first-order chi connectivity index (χ1) is 11.0. The molecule has 1 atom stereocenters. The Hall–Kier alpha value is -2.22. The molecule has 0 saturated carbocycles. The lowest BCUT2D eigenvalue weighted by Crippen LogP contribution is -2.22. The maximum absolute atomic E-state index is 14.0. The van der Waals surface area contributed by atoms with Gasteiger partial charge in [0, 0.05) is 28.3 Å². The van der Waals surface area contributed by atoms with Crippen LogP contribution in [0, 0.1) is 5.82 Å². The zero-order chi connectivity index (χ0) is 16.1. The SMILES string of the molecule is O=C(O)C(c1ncn2c1CCC2)n1cc2cc(Br)cc(F)c2n1. The van der Waals surface area contributed by atoms with Crippen molar-refractivity contribution in [3.05, 3.63) is 46.3 Å². The van der Waals surface area contributed by atoms with Crippen molar-refractivity contribution in [2.24, 2.45) is 0 Å². The largest absolute Gasteiger partial charge is 0.479 e. The molecule has 0 fully saturated rings. The Morgan fingerprint density at radius 1 is 1.43 bits per heavy atom. The van der Waals surface area contributed by atoms with Crippen molar-refractivity contribution in [2.45, 2.75) is 25.4 Å². The minimum atomic E-state index is -1.06. The van der Waals surface area contributed by atoms with Gasteiger partial charge in [-0.15, -0.1) is 0 Å². The summed E-state index contributed by atoms with van der Waals surface area (Å²) in [5.74, 6) is -1.56. The molecule has 3 aromatic rings. The van der Waals surface area contributed by atoms with Crippen LogP contribution in [0.15, 0.2) is 29.1 Å². The zero-order valence-corrected chi connectivity index (χ0v) is 13.5. The monoisotopic (exact) mass is 378 g/mol. The van der Waals surface area contributed by atoms with E-state index >= 15 is 0 Å². The van der Waals surface area contributed by atoms with Gasteiger partial charge in [-0.3, -0.25) is 4.68 Å². The second-order valence-corrected chi connectivity index (χ2v) is 6.46. The average molecular weight is 379 g/mol. The van der Waals surface area contributed by atoms with E-state index in [1.165, 1.54) is 10.7 Å². The van der Waals surface area contributed by atoms with Gasteiger partial charge < -0.3 is 9.67 Å². The lowest BCUT2D eigenvalue weighted by molar-refractivity contribution is -0.139. The summed E-state index contributed by atoms with van der Waals surface area (Å²) in [6.45, 7) is 0.845. The van der Waals surface area contributed by atoms with E-state index in [1.807, 2.05) is 4.57 Å². The van der Waals surface area contributed by atoms with Crippen molar-refractivity contribution in [3.8, 4) is 0 Å². The molecule has 2 aromatic heterocycles. The Balaban J connectivity index is 1.88. The van der Waals surface area contributed by atoms with Gasteiger partial charge in [0.25, 0.3) is 0 Å². The first-order valence-corrected chi connectivity index (χ1v) is 7.94. The van der Waals surface area contributed by atoms with Crippen LogP contribution in [0.4, 0.5) is 4.39 Å². The highest BCUT2D eigenvalue weighted by Crippen LogP contribution is 2.29. The number of fused-ring (bicyclic) bond motifs is 2. The summed E-state index contributed by atoms with van der Waals surface area (Å²) < 4.78 is 17.8. The normalized spacial score (nSPS) is 15.0. The Morgan fingerprint density at radius 2 is 2.26 bits per heavy atom. The van der Waals surface area contributed by atoms with Crippen LogP contribution in [0.25, 0.3) is 10.9 Å². The van der Waals surface area contributed by atoms with Gasteiger partial charge in [-0.25, -0.2) is 14.2 Å². The average Bonchev–Trinajstić information content (AvgIpc) is 3.15. The van der Waals surface area contributed by atoms with Crippen molar-refractivity contribution in [1.29, 1.82) is 0 Å². The number of hydrogen-bond acceptors (Lipinski definition) is 3. The Bertz CT molecular complexity index is 933. The van der Waals surface area contributed by atoms with Crippen LogP contribution < -0.4 is 0 Å². The van der Waals surface area contributed by atoms with Gasteiger partial charge in [-0.1, -0.05) is 15.9 Å². The van der Waals surface area contributed by atoms with Crippen molar-refractivity contribution in [3.63, 3.8) is 0 Å². The molecule has 0 radical (unpaired) electrons. The van der Waals surface area contributed by atoms with Gasteiger partial charge in [-0.05, 0) is 25.0 Å². The molecule has 1 unspecified atom stereocenters. The van der Waals surface area contributed by atoms with E-state index in [2.05, 4.69) is 26.0 Å². The predicted molar refractivity (Wildman–Crippen MR) is 83.7 cm³/mol. The standard InChI is InChI=1S/C15H12BrFN4O2/c16-9-4-8-6-21(19-12(8)10(17)5-9)14(15(22)23)13-11-2-1-3-20(11)7-18-13/h4-7,14H,1-3H2,(H,22,23). The van der Waals surface area contributed by atoms with Crippen LogP contribution in [0.3, 0.4) is 0 Å². The first-order valence-electron chi connectivity index (χ1n) is 7.15. The van der Waals surface area contributed by atoms with E-state index in [4.69, 9.17) is 0 Å². The maximum Gasteiger partial charge on any atom is 0.334 e. The number of aliphatic carboxylic acids is 1. The second-order valence-electron chi connectivity index (χ2n) is 5.55. The molecule has 0 spiro atoms. The summed E-state index contributed by atoms with van der Waals surface area (Å²) in [6, 6.07) is 1.96. The number of carboxylic acid groups (broad SMARTS) is 1. The molecule has 1 aromatic carbocycles. The van der Waals surface area contributed by atoms with E-state index in [0.717, 1.165) is 25.1 Å². The summed E-state index contributed by atoms with van der Waals surface area (Å²) in [5, 5.41) is 14.4. The van der Waals surface area contributed by atoms with E-state index in [9.17, 15) is 14.3 Å². The molecule has 0 aliphatic carbocycles. The van der Waals surface area contributed by atoms with Crippen LogP contribution in [0.5, 0.6) is 0 Å². The highest BCUT2D eigenvalue weighted by atomic mass is 79.9. The number of aryl methyl sites for hydroxylation is 1. The third-order valence-electron chi connectivity index (χ3n) is 4.09. The molecule has 6 nitrogen and oxygen atoms in total. The summed E-state index contributed by atoms with van der Waals surface area (Å²) in [7, 11) is 0.